The van der Waals surface area contributed by atoms with Crippen LogP contribution in [0.25, 0.3) is 0 Å². The number of Topliss-reactive ketones (excluding diaryl/α,β-unsaturated/α-hetero) is 1. The predicted octanol–water partition coefficient (Wildman–Crippen LogP) is 4.16. The Balaban J connectivity index is 2.27. The minimum atomic E-state index is 0.0335. The Morgan fingerprint density at radius 3 is 2.62 bits per heavy atom. The van der Waals surface area contributed by atoms with Gasteiger partial charge in [0.15, 0.2) is 0 Å². The van der Waals surface area contributed by atoms with Gasteiger partial charge in [-0.15, -0.1) is 13.2 Å². The van der Waals surface area contributed by atoms with Gasteiger partial charge in [0.25, 0.3) is 0 Å². The van der Waals surface area contributed by atoms with Crippen LogP contribution in [0.2, 0.25) is 0 Å². The average Bonchev–Trinajstić information content (AvgIpc) is 2.52. The van der Waals surface area contributed by atoms with Crippen LogP contribution in [0, 0.1) is 5.92 Å². The van der Waals surface area contributed by atoms with Gasteiger partial charge >= 0.3 is 0 Å². The third-order valence-electron chi connectivity index (χ3n) is 4.45. The second-order valence-corrected chi connectivity index (χ2v) is 5.78. The SMILES string of the molecule is C=CCCCN1[C@H](c2ccccc2)CC(=O)[C@@H](C)[C@@H]1C=C. The Hall–Kier alpha value is -1.67. The lowest BCUT2D eigenvalue weighted by Crippen LogP contribution is -2.49. The molecule has 2 rings (SSSR count). The lowest BCUT2D eigenvalue weighted by molar-refractivity contribution is -0.129. The highest BCUT2D eigenvalue weighted by Crippen LogP contribution is 2.36. The summed E-state index contributed by atoms with van der Waals surface area (Å²) in [4.78, 5) is 14.8. The molecule has 1 fully saturated rings. The van der Waals surface area contributed by atoms with Crippen molar-refractivity contribution in [2.45, 2.75) is 38.3 Å². The van der Waals surface area contributed by atoms with Gasteiger partial charge in [0.05, 0.1) is 0 Å². The Morgan fingerprint density at radius 2 is 2.00 bits per heavy atom. The van der Waals surface area contributed by atoms with Gasteiger partial charge in [-0.05, 0) is 24.9 Å². The summed E-state index contributed by atoms with van der Waals surface area (Å²) in [7, 11) is 0. The number of carbonyl (C=O) groups is 1. The molecular weight excluding hydrogens is 258 g/mol. The molecule has 0 bridgehead atoms. The van der Waals surface area contributed by atoms with Crippen LogP contribution in [-0.4, -0.2) is 23.3 Å². The molecular formula is C19H25NO. The van der Waals surface area contributed by atoms with Crippen LogP contribution in [0.3, 0.4) is 0 Å². The lowest BCUT2D eigenvalue weighted by atomic mass is 9.82. The van der Waals surface area contributed by atoms with Crippen LogP contribution in [-0.2, 0) is 4.79 Å². The molecule has 1 aliphatic rings. The molecule has 1 aliphatic heterocycles. The van der Waals surface area contributed by atoms with Crippen LogP contribution in [0.5, 0.6) is 0 Å². The molecule has 2 heteroatoms. The summed E-state index contributed by atoms with van der Waals surface area (Å²) in [6.45, 7) is 10.8. The third kappa shape index (κ3) is 3.51. The molecule has 3 atom stereocenters. The minimum absolute atomic E-state index is 0.0335. The Kier molecular flexibility index (Phi) is 5.51. The van der Waals surface area contributed by atoms with Gasteiger partial charge in [-0.25, -0.2) is 0 Å². The molecule has 1 saturated heterocycles. The lowest BCUT2D eigenvalue weighted by Gasteiger charge is -2.43. The average molecular weight is 283 g/mol. The van der Waals surface area contributed by atoms with E-state index in [-0.39, 0.29) is 18.0 Å². The number of hydrogen-bond donors (Lipinski definition) is 0. The number of nitrogens with zero attached hydrogens (tertiary/aromatic N) is 1. The number of unbranched alkanes of at least 4 members (excludes halogenated alkanes) is 1. The van der Waals surface area contributed by atoms with Gasteiger partial charge in [0, 0.05) is 24.4 Å². The number of rotatable bonds is 6. The maximum Gasteiger partial charge on any atom is 0.139 e. The van der Waals surface area contributed by atoms with E-state index in [0.717, 1.165) is 19.4 Å². The summed E-state index contributed by atoms with van der Waals surface area (Å²) in [6, 6.07) is 10.6. The summed E-state index contributed by atoms with van der Waals surface area (Å²) in [5.41, 5.74) is 1.23. The molecule has 0 amide bonds. The van der Waals surface area contributed by atoms with Gasteiger partial charge in [0.2, 0.25) is 0 Å². The zero-order chi connectivity index (χ0) is 15.2. The molecule has 21 heavy (non-hydrogen) atoms. The van der Waals surface area contributed by atoms with Gasteiger partial charge in [-0.1, -0.05) is 49.4 Å². The van der Waals surface area contributed by atoms with E-state index in [0.29, 0.717) is 12.2 Å². The molecule has 2 nitrogen and oxygen atoms in total. The number of likely N-dealkylation sites (tertiary alicyclic amines) is 1. The topological polar surface area (TPSA) is 20.3 Å². The molecule has 0 N–H and O–H groups in total. The molecule has 1 heterocycles. The second kappa shape index (κ2) is 7.37. The summed E-state index contributed by atoms with van der Waals surface area (Å²) in [5.74, 6) is 0.375. The molecule has 1 aromatic carbocycles. The summed E-state index contributed by atoms with van der Waals surface area (Å²) in [5, 5.41) is 0. The summed E-state index contributed by atoms with van der Waals surface area (Å²) >= 11 is 0. The maximum atomic E-state index is 12.3. The van der Waals surface area contributed by atoms with Crippen molar-refractivity contribution in [3.05, 3.63) is 61.2 Å². The first-order valence-electron chi connectivity index (χ1n) is 7.76. The Bertz CT molecular complexity index is 494. The quantitative estimate of drug-likeness (QED) is 0.577. The molecule has 0 saturated carbocycles. The zero-order valence-corrected chi connectivity index (χ0v) is 12.9. The van der Waals surface area contributed by atoms with E-state index in [1.807, 2.05) is 37.3 Å². The van der Waals surface area contributed by atoms with Crippen molar-refractivity contribution in [2.24, 2.45) is 5.92 Å². The van der Waals surface area contributed by atoms with Crippen molar-refractivity contribution in [3.63, 3.8) is 0 Å². The highest BCUT2D eigenvalue weighted by atomic mass is 16.1. The molecule has 0 unspecified atom stereocenters. The summed E-state index contributed by atoms with van der Waals surface area (Å²) < 4.78 is 0. The number of ketones is 1. The first-order valence-corrected chi connectivity index (χ1v) is 7.76. The number of benzene rings is 1. The van der Waals surface area contributed by atoms with E-state index >= 15 is 0 Å². The normalized spacial score (nSPS) is 26.5. The number of allylic oxidation sites excluding steroid dienone is 1. The fourth-order valence-electron chi connectivity index (χ4n) is 3.23. The van der Waals surface area contributed by atoms with E-state index in [4.69, 9.17) is 0 Å². The van der Waals surface area contributed by atoms with Gasteiger partial charge in [0.1, 0.15) is 5.78 Å². The minimum Gasteiger partial charge on any atom is -0.299 e. The standard InChI is InChI=1S/C19H25NO/c1-4-6-10-13-20-17(5-2)15(3)19(21)14-18(20)16-11-8-7-9-12-16/h4-5,7-9,11-12,15,17-18H,1-2,6,10,13-14H2,3H3/t15-,17-,18-/m0/s1. The van der Waals surface area contributed by atoms with Crippen molar-refractivity contribution in [1.29, 1.82) is 0 Å². The highest BCUT2D eigenvalue weighted by Gasteiger charge is 2.38. The summed E-state index contributed by atoms with van der Waals surface area (Å²) in [6.07, 6.45) is 6.57. The van der Waals surface area contributed by atoms with E-state index in [1.54, 1.807) is 0 Å². The number of carbonyl (C=O) groups excluding carboxylic acids is 1. The third-order valence-corrected chi connectivity index (χ3v) is 4.45. The van der Waals surface area contributed by atoms with E-state index in [9.17, 15) is 4.79 Å². The zero-order valence-electron chi connectivity index (χ0n) is 12.9. The molecule has 112 valence electrons. The fourth-order valence-corrected chi connectivity index (χ4v) is 3.23. The number of piperidine rings is 1. The van der Waals surface area contributed by atoms with E-state index in [2.05, 4.69) is 30.2 Å². The van der Waals surface area contributed by atoms with Crippen LogP contribution < -0.4 is 0 Å². The van der Waals surface area contributed by atoms with Crippen molar-refractivity contribution in [2.75, 3.05) is 6.54 Å². The smallest absolute Gasteiger partial charge is 0.139 e. The molecule has 1 aromatic rings. The van der Waals surface area contributed by atoms with E-state index < -0.39 is 0 Å². The van der Waals surface area contributed by atoms with Crippen LogP contribution in [0.15, 0.2) is 55.6 Å². The predicted molar refractivity (Wildman–Crippen MR) is 88.1 cm³/mol. The second-order valence-electron chi connectivity index (χ2n) is 5.78. The fraction of sp³-hybridized carbons (Fsp3) is 0.421. The maximum absolute atomic E-state index is 12.3. The number of hydrogen-bond acceptors (Lipinski definition) is 2. The molecule has 0 radical (unpaired) electrons. The first-order chi connectivity index (χ1) is 10.2. The Labute approximate surface area is 128 Å². The van der Waals surface area contributed by atoms with E-state index in [1.165, 1.54) is 5.56 Å². The highest BCUT2D eigenvalue weighted by molar-refractivity contribution is 5.83. The molecule has 0 aliphatic carbocycles. The van der Waals surface area contributed by atoms with Crippen molar-refractivity contribution < 1.29 is 4.79 Å². The first kappa shape index (κ1) is 15.7. The van der Waals surface area contributed by atoms with Crippen LogP contribution >= 0.6 is 0 Å². The Morgan fingerprint density at radius 1 is 1.29 bits per heavy atom. The van der Waals surface area contributed by atoms with Crippen molar-refractivity contribution in [1.82, 2.24) is 4.90 Å². The van der Waals surface area contributed by atoms with Gasteiger partial charge in [-0.3, -0.25) is 9.69 Å². The molecule has 0 spiro atoms. The van der Waals surface area contributed by atoms with Crippen LogP contribution in [0.1, 0.15) is 37.8 Å². The van der Waals surface area contributed by atoms with Gasteiger partial charge in [-0.2, -0.15) is 0 Å². The van der Waals surface area contributed by atoms with Crippen molar-refractivity contribution >= 4 is 5.78 Å². The molecule has 0 aromatic heterocycles. The van der Waals surface area contributed by atoms with Crippen molar-refractivity contribution in [3.8, 4) is 0 Å². The van der Waals surface area contributed by atoms with Crippen LogP contribution in [0.4, 0.5) is 0 Å². The monoisotopic (exact) mass is 283 g/mol. The van der Waals surface area contributed by atoms with Gasteiger partial charge < -0.3 is 0 Å². The largest absolute Gasteiger partial charge is 0.299 e.